The molecule has 0 spiro atoms. The monoisotopic (exact) mass is 511 g/mol. The average Bonchev–Trinajstić information content (AvgIpc) is 3.10. The van der Waals surface area contributed by atoms with E-state index in [0.717, 1.165) is 37.1 Å². The second-order valence-electron chi connectivity index (χ2n) is 10.1. The van der Waals surface area contributed by atoms with Crippen molar-refractivity contribution in [2.24, 2.45) is 13.0 Å². The van der Waals surface area contributed by atoms with Crippen molar-refractivity contribution in [3.63, 3.8) is 0 Å². The molecule has 4 rings (SSSR count). The zero-order valence-electron chi connectivity index (χ0n) is 22.4. The number of rotatable bonds is 8. The van der Waals surface area contributed by atoms with Gasteiger partial charge in [0.2, 0.25) is 6.29 Å². The zero-order valence-corrected chi connectivity index (χ0v) is 22.4. The molecule has 8 heteroatoms. The fourth-order valence-electron chi connectivity index (χ4n) is 5.67. The molecule has 8 nitrogen and oxygen atoms in total. The molecule has 0 aliphatic carbocycles. The number of allylic oxidation sites excluding steroid dienone is 1. The van der Waals surface area contributed by atoms with Crippen molar-refractivity contribution in [1.29, 1.82) is 0 Å². The van der Waals surface area contributed by atoms with E-state index < -0.39 is 6.29 Å². The summed E-state index contributed by atoms with van der Waals surface area (Å²) in [6, 6.07) is 9.56. The molecule has 1 saturated heterocycles. The van der Waals surface area contributed by atoms with Crippen LogP contribution < -0.4 is 5.56 Å². The number of amides is 1. The van der Waals surface area contributed by atoms with Gasteiger partial charge in [0.15, 0.2) is 5.76 Å². The van der Waals surface area contributed by atoms with Crippen molar-refractivity contribution in [3.05, 3.63) is 63.8 Å². The van der Waals surface area contributed by atoms with Gasteiger partial charge in [-0.05, 0) is 57.7 Å². The van der Waals surface area contributed by atoms with Crippen LogP contribution in [0.4, 0.5) is 0 Å². The zero-order chi connectivity index (χ0) is 26.4. The van der Waals surface area contributed by atoms with Crippen molar-refractivity contribution in [3.8, 4) is 5.69 Å². The SMILES string of the molecule is CCO[C@H]1OC(C(=O)N2CCCCCCC2)=C[C@@H](c2c(C)n(C)n(-c3ccccc3)c2=O)[C@@H]1CCCO. The lowest BCUT2D eigenvalue weighted by Crippen LogP contribution is -2.42. The maximum atomic E-state index is 13.9. The second kappa shape index (κ2) is 12.6. The lowest BCUT2D eigenvalue weighted by molar-refractivity contribution is -0.170. The fraction of sp³-hybridized carbons (Fsp3) is 0.586. The molecule has 0 bridgehead atoms. The Hall–Kier alpha value is -2.84. The molecule has 2 aromatic rings. The van der Waals surface area contributed by atoms with E-state index in [1.165, 1.54) is 6.42 Å². The highest BCUT2D eigenvalue weighted by Gasteiger charge is 2.41. The quantitative estimate of drug-likeness (QED) is 0.579. The fourth-order valence-corrected chi connectivity index (χ4v) is 5.67. The highest BCUT2D eigenvalue weighted by Crippen LogP contribution is 2.40. The Morgan fingerprint density at radius 1 is 1.11 bits per heavy atom. The van der Waals surface area contributed by atoms with Gasteiger partial charge in [0.25, 0.3) is 11.5 Å². The van der Waals surface area contributed by atoms with Gasteiger partial charge < -0.3 is 19.5 Å². The first-order chi connectivity index (χ1) is 18.0. The summed E-state index contributed by atoms with van der Waals surface area (Å²) in [6.07, 6.45) is 7.75. The molecule has 0 radical (unpaired) electrons. The summed E-state index contributed by atoms with van der Waals surface area (Å²) in [5.74, 6) is -0.462. The molecule has 1 aromatic carbocycles. The highest BCUT2D eigenvalue weighted by atomic mass is 16.7. The van der Waals surface area contributed by atoms with Gasteiger partial charge in [0, 0.05) is 56.4 Å². The van der Waals surface area contributed by atoms with Crippen LogP contribution in [0.15, 0.2) is 47.0 Å². The van der Waals surface area contributed by atoms with Crippen LogP contribution >= 0.6 is 0 Å². The summed E-state index contributed by atoms with van der Waals surface area (Å²) >= 11 is 0. The third-order valence-electron chi connectivity index (χ3n) is 7.70. The first-order valence-corrected chi connectivity index (χ1v) is 13.7. The Bertz CT molecular complexity index is 1130. The van der Waals surface area contributed by atoms with Crippen molar-refractivity contribution < 1.29 is 19.4 Å². The van der Waals surface area contributed by atoms with Crippen molar-refractivity contribution in [1.82, 2.24) is 14.3 Å². The standard InChI is InChI=1S/C29H41N3O5/c1-4-36-29-23(16-13-19-33)24(20-25(37-29)27(34)31-17-11-6-5-7-12-18-31)26-21(2)30(3)32(28(26)35)22-14-9-8-10-15-22/h8-10,14-15,20,23-24,29,33H,4-7,11-13,16-19H2,1-3H3/t23-,24+,29-/m0/s1. The first-order valence-electron chi connectivity index (χ1n) is 13.7. The Kier molecular flexibility index (Phi) is 9.27. The van der Waals surface area contributed by atoms with E-state index in [1.807, 2.05) is 66.9 Å². The number of aliphatic hydroxyl groups is 1. The van der Waals surface area contributed by atoms with Crippen molar-refractivity contribution in [2.75, 3.05) is 26.3 Å². The number of nitrogens with zero attached hydrogens (tertiary/aromatic N) is 3. The van der Waals surface area contributed by atoms with Crippen LogP contribution in [-0.4, -0.2) is 57.9 Å². The summed E-state index contributed by atoms with van der Waals surface area (Å²) in [6.45, 7) is 5.71. The number of carbonyl (C=O) groups is 1. The Labute approximate surface area is 219 Å². The molecule has 202 valence electrons. The number of ether oxygens (including phenoxy) is 2. The highest BCUT2D eigenvalue weighted by molar-refractivity contribution is 5.91. The normalized spacial score (nSPS) is 22.6. The van der Waals surface area contributed by atoms with Gasteiger partial charge in [-0.15, -0.1) is 0 Å². The van der Waals surface area contributed by atoms with Crippen LogP contribution in [-0.2, 0) is 21.3 Å². The van der Waals surface area contributed by atoms with Gasteiger partial charge >= 0.3 is 0 Å². The summed E-state index contributed by atoms with van der Waals surface area (Å²) in [7, 11) is 1.88. The number of hydrogen-bond donors (Lipinski definition) is 1. The van der Waals surface area contributed by atoms with Crippen molar-refractivity contribution in [2.45, 2.75) is 71.0 Å². The summed E-state index contributed by atoms with van der Waals surface area (Å²) in [5, 5.41) is 9.61. The maximum absolute atomic E-state index is 13.9. The molecule has 1 fully saturated rings. The van der Waals surface area contributed by atoms with E-state index >= 15 is 0 Å². The van der Waals surface area contributed by atoms with Crippen LogP contribution in [0.5, 0.6) is 0 Å². The Morgan fingerprint density at radius 3 is 2.43 bits per heavy atom. The number of carbonyl (C=O) groups excluding carboxylic acids is 1. The van der Waals surface area contributed by atoms with Gasteiger partial charge in [-0.2, -0.15) is 0 Å². The third kappa shape index (κ3) is 5.85. The minimum atomic E-state index is -0.676. The van der Waals surface area contributed by atoms with Gasteiger partial charge in [-0.1, -0.05) is 37.5 Å². The van der Waals surface area contributed by atoms with Crippen LogP contribution in [0.2, 0.25) is 0 Å². The molecule has 0 saturated carbocycles. The van der Waals surface area contributed by atoms with E-state index in [0.29, 0.717) is 38.1 Å². The largest absolute Gasteiger partial charge is 0.459 e. The summed E-state index contributed by atoms with van der Waals surface area (Å²) < 4.78 is 15.8. The van der Waals surface area contributed by atoms with Crippen LogP contribution in [0.3, 0.4) is 0 Å². The van der Waals surface area contributed by atoms with Gasteiger partial charge in [0.1, 0.15) is 0 Å². The minimum Gasteiger partial charge on any atom is -0.459 e. The van der Waals surface area contributed by atoms with Gasteiger partial charge in [-0.25, -0.2) is 4.68 Å². The van der Waals surface area contributed by atoms with Gasteiger partial charge in [0.05, 0.1) is 5.69 Å². The first kappa shape index (κ1) is 27.2. The number of hydrogen-bond acceptors (Lipinski definition) is 5. The van der Waals surface area contributed by atoms with Crippen molar-refractivity contribution >= 4 is 5.91 Å². The van der Waals surface area contributed by atoms with E-state index in [1.54, 1.807) is 4.68 Å². The Morgan fingerprint density at radius 2 is 1.78 bits per heavy atom. The van der Waals surface area contributed by atoms with E-state index in [4.69, 9.17) is 9.47 Å². The number of para-hydroxylation sites is 1. The molecule has 1 N–H and O–H groups in total. The molecule has 3 heterocycles. The number of aliphatic hydroxyl groups excluding tert-OH is 1. The second-order valence-corrected chi connectivity index (χ2v) is 10.1. The molecular weight excluding hydrogens is 470 g/mol. The van der Waals surface area contributed by atoms with Crippen LogP contribution in [0, 0.1) is 12.8 Å². The maximum Gasteiger partial charge on any atom is 0.288 e. The van der Waals surface area contributed by atoms with Crippen LogP contribution in [0.25, 0.3) is 5.69 Å². The van der Waals surface area contributed by atoms with Crippen LogP contribution in [0.1, 0.15) is 69.0 Å². The predicted molar refractivity (Wildman–Crippen MR) is 143 cm³/mol. The smallest absolute Gasteiger partial charge is 0.288 e. The van der Waals surface area contributed by atoms with E-state index in [9.17, 15) is 14.7 Å². The third-order valence-corrected chi connectivity index (χ3v) is 7.70. The lowest BCUT2D eigenvalue weighted by atomic mass is 9.80. The summed E-state index contributed by atoms with van der Waals surface area (Å²) in [4.78, 5) is 29.5. The number of aromatic nitrogens is 2. The molecule has 3 atom stereocenters. The topological polar surface area (TPSA) is 85.9 Å². The van der Waals surface area contributed by atoms with E-state index in [2.05, 4.69) is 0 Å². The van der Waals surface area contributed by atoms with Gasteiger partial charge in [-0.3, -0.25) is 14.3 Å². The average molecular weight is 512 g/mol. The summed E-state index contributed by atoms with van der Waals surface area (Å²) in [5.41, 5.74) is 2.14. The molecule has 2 aliphatic heterocycles. The molecule has 2 aliphatic rings. The Balaban J connectivity index is 1.80. The lowest BCUT2D eigenvalue weighted by Gasteiger charge is -2.37. The molecule has 0 unspecified atom stereocenters. The molecule has 37 heavy (non-hydrogen) atoms. The van der Waals surface area contributed by atoms with E-state index in [-0.39, 0.29) is 35.7 Å². The molecular formula is C29H41N3O5. The minimum absolute atomic E-state index is 0.0351. The number of benzene rings is 1. The predicted octanol–water partition coefficient (Wildman–Crippen LogP) is 4.03. The molecule has 1 aromatic heterocycles. The molecule has 1 amide bonds. The number of likely N-dealkylation sites (tertiary alicyclic amines) is 1.